The van der Waals surface area contributed by atoms with Crippen LogP contribution in [0.2, 0.25) is 0 Å². The number of hydrogen-bond donors (Lipinski definition) is 2. The molecule has 126 valence electrons. The average Bonchev–Trinajstić information content (AvgIpc) is 3.02. The van der Waals surface area contributed by atoms with E-state index in [9.17, 15) is 9.59 Å². The normalized spacial score (nSPS) is 26.0. The summed E-state index contributed by atoms with van der Waals surface area (Å²) in [7, 11) is 0. The van der Waals surface area contributed by atoms with Gasteiger partial charge in [0, 0.05) is 25.4 Å². The fraction of sp³-hybridized carbons (Fsp3) is 0.733. The Hall–Kier alpha value is -1.54. The number of carbonyl (C=O) groups is 2. The quantitative estimate of drug-likeness (QED) is 0.809. The molecule has 8 heteroatoms. The van der Waals surface area contributed by atoms with Crippen molar-refractivity contribution in [3.8, 4) is 0 Å². The van der Waals surface area contributed by atoms with Crippen LogP contribution in [0.15, 0.2) is 0 Å². The van der Waals surface area contributed by atoms with Crippen LogP contribution in [0, 0.1) is 5.92 Å². The fourth-order valence-corrected chi connectivity index (χ4v) is 3.96. The molecule has 4 rings (SSSR count). The standard InChI is InChI=1S/C15H23N5O2S/c1-2-14-18-19-15(23-14)17-13(22)4-3-12(21)16-11-9-20-7-5-10(11)6-8-20/h10-11H,2-9H2,1H3,(H,16,21)(H,17,19,22). The van der Waals surface area contributed by atoms with Gasteiger partial charge in [-0.2, -0.15) is 0 Å². The molecule has 0 aliphatic carbocycles. The molecule has 0 saturated carbocycles. The number of nitrogens with one attached hydrogen (secondary N) is 2. The van der Waals surface area contributed by atoms with Crippen molar-refractivity contribution < 1.29 is 9.59 Å². The van der Waals surface area contributed by atoms with Crippen LogP contribution in [0.3, 0.4) is 0 Å². The van der Waals surface area contributed by atoms with Crippen LogP contribution in [-0.2, 0) is 16.0 Å². The fourth-order valence-electron chi connectivity index (χ4n) is 3.26. The second-order valence-corrected chi connectivity index (χ2v) is 7.28. The van der Waals surface area contributed by atoms with Crippen molar-refractivity contribution in [1.29, 1.82) is 0 Å². The minimum Gasteiger partial charge on any atom is -0.352 e. The van der Waals surface area contributed by atoms with Crippen LogP contribution in [0.5, 0.6) is 0 Å². The maximum atomic E-state index is 12.1. The molecular weight excluding hydrogens is 314 g/mol. The highest BCUT2D eigenvalue weighted by Crippen LogP contribution is 2.27. The lowest BCUT2D eigenvalue weighted by Gasteiger charge is -2.44. The second kappa shape index (κ2) is 7.35. The van der Waals surface area contributed by atoms with Gasteiger partial charge in [-0.3, -0.25) is 9.59 Å². The van der Waals surface area contributed by atoms with Gasteiger partial charge in [-0.1, -0.05) is 18.3 Å². The molecule has 0 aromatic carbocycles. The summed E-state index contributed by atoms with van der Waals surface area (Å²) >= 11 is 1.37. The number of rotatable bonds is 6. The van der Waals surface area contributed by atoms with Crippen molar-refractivity contribution >= 4 is 28.3 Å². The van der Waals surface area contributed by atoms with Crippen LogP contribution >= 0.6 is 11.3 Å². The number of hydrogen-bond acceptors (Lipinski definition) is 6. The zero-order valence-corrected chi connectivity index (χ0v) is 14.2. The Labute approximate surface area is 139 Å². The number of aryl methyl sites for hydroxylation is 1. The molecule has 23 heavy (non-hydrogen) atoms. The van der Waals surface area contributed by atoms with Gasteiger partial charge in [0.15, 0.2) is 0 Å². The molecular formula is C15H23N5O2S. The van der Waals surface area contributed by atoms with Crippen LogP contribution in [0.25, 0.3) is 0 Å². The summed E-state index contributed by atoms with van der Waals surface area (Å²) in [6.45, 7) is 5.25. The van der Waals surface area contributed by atoms with Gasteiger partial charge in [0.1, 0.15) is 5.01 Å². The molecule has 0 spiro atoms. The average molecular weight is 337 g/mol. The zero-order valence-electron chi connectivity index (χ0n) is 13.4. The molecule has 2 bridgehead atoms. The first kappa shape index (κ1) is 16.3. The minimum atomic E-state index is -0.187. The third-order valence-electron chi connectivity index (χ3n) is 4.60. The molecule has 0 radical (unpaired) electrons. The topological polar surface area (TPSA) is 87.2 Å². The van der Waals surface area contributed by atoms with Crippen molar-refractivity contribution in [3.63, 3.8) is 0 Å². The number of carbonyl (C=O) groups excluding carboxylic acids is 2. The lowest BCUT2D eigenvalue weighted by Crippen LogP contribution is -2.57. The Morgan fingerprint density at radius 1 is 1.22 bits per heavy atom. The molecule has 7 nitrogen and oxygen atoms in total. The lowest BCUT2D eigenvalue weighted by molar-refractivity contribution is -0.125. The van der Waals surface area contributed by atoms with Crippen molar-refractivity contribution in [3.05, 3.63) is 5.01 Å². The highest BCUT2D eigenvalue weighted by Gasteiger charge is 2.34. The Morgan fingerprint density at radius 2 is 1.96 bits per heavy atom. The van der Waals surface area contributed by atoms with Gasteiger partial charge in [0.05, 0.1) is 0 Å². The van der Waals surface area contributed by atoms with E-state index in [0.29, 0.717) is 11.0 Å². The van der Waals surface area contributed by atoms with Crippen LogP contribution < -0.4 is 10.6 Å². The summed E-state index contributed by atoms with van der Waals surface area (Å²) < 4.78 is 0. The van der Waals surface area contributed by atoms with E-state index in [1.165, 1.54) is 24.2 Å². The van der Waals surface area contributed by atoms with Gasteiger partial charge in [-0.25, -0.2) is 0 Å². The molecule has 2 amide bonds. The highest BCUT2D eigenvalue weighted by molar-refractivity contribution is 7.15. The van der Waals surface area contributed by atoms with Crippen molar-refractivity contribution in [2.24, 2.45) is 5.92 Å². The van der Waals surface area contributed by atoms with E-state index >= 15 is 0 Å². The zero-order chi connectivity index (χ0) is 16.2. The van der Waals surface area contributed by atoms with Crippen LogP contribution in [-0.4, -0.2) is 52.6 Å². The summed E-state index contributed by atoms with van der Waals surface area (Å²) in [6, 6.07) is 0.253. The third kappa shape index (κ3) is 4.26. The van der Waals surface area contributed by atoms with Gasteiger partial charge in [0.2, 0.25) is 16.9 Å². The van der Waals surface area contributed by atoms with Gasteiger partial charge in [-0.05, 0) is 38.3 Å². The van der Waals surface area contributed by atoms with Crippen LogP contribution in [0.4, 0.5) is 5.13 Å². The second-order valence-electron chi connectivity index (χ2n) is 6.21. The molecule has 1 unspecified atom stereocenters. The van der Waals surface area contributed by atoms with E-state index in [1.54, 1.807) is 0 Å². The van der Waals surface area contributed by atoms with E-state index < -0.39 is 0 Å². The summed E-state index contributed by atoms with van der Waals surface area (Å²) in [5.74, 6) is 0.380. The number of anilines is 1. The lowest BCUT2D eigenvalue weighted by atomic mass is 9.84. The van der Waals surface area contributed by atoms with E-state index in [4.69, 9.17) is 0 Å². The molecule has 3 aliphatic rings. The number of amides is 2. The Morgan fingerprint density at radius 3 is 2.57 bits per heavy atom. The van der Waals surface area contributed by atoms with E-state index in [2.05, 4.69) is 25.7 Å². The largest absolute Gasteiger partial charge is 0.352 e. The maximum absolute atomic E-state index is 12.1. The SMILES string of the molecule is CCc1nnc(NC(=O)CCC(=O)NC2CN3CCC2CC3)s1. The molecule has 3 aliphatic heterocycles. The third-order valence-corrected chi connectivity index (χ3v) is 5.58. The summed E-state index contributed by atoms with van der Waals surface area (Å²) in [5, 5.41) is 15.0. The molecule has 3 saturated heterocycles. The molecule has 1 aromatic rings. The first-order chi connectivity index (χ1) is 11.1. The van der Waals surface area contributed by atoms with Crippen molar-refractivity contribution in [2.75, 3.05) is 25.0 Å². The smallest absolute Gasteiger partial charge is 0.226 e. The van der Waals surface area contributed by atoms with Crippen molar-refractivity contribution in [2.45, 2.75) is 45.1 Å². The predicted molar refractivity (Wildman–Crippen MR) is 88.2 cm³/mol. The summed E-state index contributed by atoms with van der Waals surface area (Å²) in [4.78, 5) is 26.3. The van der Waals surface area contributed by atoms with E-state index in [1.807, 2.05) is 6.92 Å². The van der Waals surface area contributed by atoms with E-state index in [0.717, 1.165) is 31.1 Å². The molecule has 4 heterocycles. The van der Waals surface area contributed by atoms with Gasteiger partial charge in [0.25, 0.3) is 0 Å². The van der Waals surface area contributed by atoms with Gasteiger partial charge in [-0.15, -0.1) is 10.2 Å². The monoisotopic (exact) mass is 337 g/mol. The molecule has 1 atom stereocenters. The molecule has 1 aromatic heterocycles. The Bertz CT molecular complexity index is 568. The van der Waals surface area contributed by atoms with Gasteiger partial charge >= 0.3 is 0 Å². The first-order valence-electron chi connectivity index (χ1n) is 8.28. The summed E-state index contributed by atoms with van der Waals surface area (Å²) in [6.07, 6.45) is 3.53. The molecule has 2 N–H and O–H groups in total. The van der Waals surface area contributed by atoms with Crippen molar-refractivity contribution in [1.82, 2.24) is 20.4 Å². The Kier molecular flexibility index (Phi) is 5.22. The number of aromatic nitrogens is 2. The number of piperidine rings is 3. The number of fused-ring (bicyclic) bond motifs is 3. The van der Waals surface area contributed by atoms with E-state index in [-0.39, 0.29) is 30.7 Å². The first-order valence-corrected chi connectivity index (χ1v) is 9.09. The van der Waals surface area contributed by atoms with Gasteiger partial charge < -0.3 is 15.5 Å². The maximum Gasteiger partial charge on any atom is 0.226 e. The molecule has 3 fully saturated rings. The van der Waals surface area contributed by atoms with Crippen LogP contribution in [0.1, 0.15) is 37.6 Å². The number of nitrogens with zero attached hydrogens (tertiary/aromatic N) is 3. The summed E-state index contributed by atoms with van der Waals surface area (Å²) in [5.41, 5.74) is 0. The minimum absolute atomic E-state index is 0.0367. The highest BCUT2D eigenvalue weighted by atomic mass is 32.1. The Balaban J connectivity index is 1.39. The predicted octanol–water partition coefficient (Wildman–Crippen LogP) is 1.03.